The smallest absolute Gasteiger partial charge is 0.269 e. The van der Waals surface area contributed by atoms with Crippen LogP contribution >= 0.6 is 0 Å². The van der Waals surface area contributed by atoms with E-state index in [0.717, 1.165) is 22.4 Å². The lowest BCUT2D eigenvalue weighted by Crippen LogP contribution is -2.24. The van der Waals surface area contributed by atoms with Crippen molar-refractivity contribution in [2.75, 3.05) is 0 Å². The lowest BCUT2D eigenvalue weighted by Gasteiger charge is -2.09. The molecular weight excluding hydrogens is 456 g/mol. The van der Waals surface area contributed by atoms with Gasteiger partial charge in [0.05, 0.1) is 35.4 Å². The van der Waals surface area contributed by atoms with E-state index in [1.807, 2.05) is 74.6 Å². The molecule has 184 valence electrons. The van der Waals surface area contributed by atoms with Gasteiger partial charge in [-0.25, -0.2) is 4.68 Å². The highest BCUT2D eigenvalue weighted by molar-refractivity contribution is 5.81. The van der Waals surface area contributed by atoms with Crippen LogP contribution in [0.15, 0.2) is 85.1 Å². The Balaban J connectivity index is 1.48. The Bertz CT molecular complexity index is 1310. The molecule has 0 spiro atoms. The Hall–Kier alpha value is -4.30. The van der Waals surface area contributed by atoms with Crippen LogP contribution in [0.25, 0.3) is 16.9 Å². The average Bonchev–Trinajstić information content (AvgIpc) is 3.31. The standard InChI is InChI=1S/C28H28N4O4/c1-20(2)36-19-22-10-8-21(9-11-22)17-29-27(33)16-24-18-31(25-6-4-3-5-7-25)30-28(24)23-12-14-26(15-13-23)32(34)35/h3-15,18,20H,16-17,19H2,1-2H3,(H,29,33). The van der Waals surface area contributed by atoms with E-state index in [4.69, 9.17) is 9.84 Å². The molecule has 8 nitrogen and oxygen atoms in total. The van der Waals surface area contributed by atoms with Gasteiger partial charge >= 0.3 is 0 Å². The number of carbonyl (C=O) groups excluding carboxylic acids is 1. The number of nitro groups is 1. The second-order valence-electron chi connectivity index (χ2n) is 8.72. The summed E-state index contributed by atoms with van der Waals surface area (Å²) in [6.45, 7) is 4.96. The number of benzene rings is 3. The number of para-hydroxylation sites is 1. The lowest BCUT2D eigenvalue weighted by atomic mass is 10.1. The SMILES string of the molecule is CC(C)OCc1ccc(CNC(=O)Cc2cn(-c3ccccc3)nc2-c2ccc([N+](=O)[O-])cc2)cc1. The summed E-state index contributed by atoms with van der Waals surface area (Å²) in [6.07, 6.45) is 2.13. The molecular formula is C28H28N4O4. The topological polar surface area (TPSA) is 99.3 Å². The van der Waals surface area contributed by atoms with E-state index in [1.54, 1.807) is 16.8 Å². The second kappa shape index (κ2) is 11.4. The van der Waals surface area contributed by atoms with Gasteiger partial charge in [-0.2, -0.15) is 5.10 Å². The molecule has 36 heavy (non-hydrogen) atoms. The highest BCUT2D eigenvalue weighted by Gasteiger charge is 2.16. The zero-order valence-corrected chi connectivity index (χ0v) is 20.3. The van der Waals surface area contributed by atoms with Gasteiger partial charge in [0, 0.05) is 36.0 Å². The van der Waals surface area contributed by atoms with Gasteiger partial charge in [0.2, 0.25) is 5.91 Å². The Morgan fingerprint density at radius 2 is 1.67 bits per heavy atom. The molecule has 0 aliphatic carbocycles. The van der Waals surface area contributed by atoms with Crippen molar-refractivity contribution in [3.8, 4) is 16.9 Å². The van der Waals surface area contributed by atoms with Gasteiger partial charge in [0.15, 0.2) is 0 Å². The third kappa shape index (κ3) is 6.43. The fourth-order valence-electron chi connectivity index (χ4n) is 3.69. The predicted molar refractivity (Wildman–Crippen MR) is 138 cm³/mol. The van der Waals surface area contributed by atoms with Crippen LogP contribution in [0.3, 0.4) is 0 Å². The third-order valence-corrected chi connectivity index (χ3v) is 5.61. The first kappa shape index (κ1) is 24.8. The highest BCUT2D eigenvalue weighted by Crippen LogP contribution is 2.26. The summed E-state index contributed by atoms with van der Waals surface area (Å²) in [6, 6.07) is 23.7. The van der Waals surface area contributed by atoms with Crippen molar-refractivity contribution >= 4 is 11.6 Å². The molecule has 8 heteroatoms. The van der Waals surface area contributed by atoms with Crippen molar-refractivity contribution in [3.05, 3.63) is 112 Å². The van der Waals surface area contributed by atoms with Crippen LogP contribution in [-0.4, -0.2) is 26.7 Å². The van der Waals surface area contributed by atoms with Crippen LogP contribution in [0.5, 0.6) is 0 Å². The van der Waals surface area contributed by atoms with Crippen LogP contribution in [-0.2, 0) is 29.1 Å². The Morgan fingerprint density at radius 1 is 1.00 bits per heavy atom. The van der Waals surface area contributed by atoms with E-state index < -0.39 is 4.92 Å². The lowest BCUT2D eigenvalue weighted by molar-refractivity contribution is -0.384. The molecule has 3 aromatic carbocycles. The van der Waals surface area contributed by atoms with Gasteiger partial charge in [-0.3, -0.25) is 14.9 Å². The van der Waals surface area contributed by atoms with E-state index in [0.29, 0.717) is 24.4 Å². The fraction of sp³-hybridized carbons (Fsp3) is 0.214. The van der Waals surface area contributed by atoms with Crippen LogP contribution in [0.1, 0.15) is 30.5 Å². The molecule has 4 aromatic rings. The van der Waals surface area contributed by atoms with Crippen LogP contribution in [0.2, 0.25) is 0 Å². The van der Waals surface area contributed by atoms with Crippen LogP contribution in [0.4, 0.5) is 5.69 Å². The molecule has 1 aromatic heterocycles. The van der Waals surface area contributed by atoms with Gasteiger partial charge in [-0.15, -0.1) is 0 Å². The second-order valence-corrected chi connectivity index (χ2v) is 8.72. The Kier molecular flexibility index (Phi) is 7.87. The summed E-state index contributed by atoms with van der Waals surface area (Å²) in [5.74, 6) is -0.141. The monoisotopic (exact) mass is 484 g/mol. The quantitative estimate of drug-likeness (QED) is 0.245. The first-order chi connectivity index (χ1) is 17.4. The van der Waals surface area contributed by atoms with Crippen molar-refractivity contribution in [1.82, 2.24) is 15.1 Å². The Morgan fingerprint density at radius 3 is 2.31 bits per heavy atom. The zero-order valence-electron chi connectivity index (χ0n) is 20.3. The maximum Gasteiger partial charge on any atom is 0.269 e. The summed E-state index contributed by atoms with van der Waals surface area (Å²) in [5.41, 5.74) is 4.98. The molecule has 4 rings (SSSR count). The average molecular weight is 485 g/mol. The molecule has 0 bridgehead atoms. The molecule has 1 amide bonds. The van der Waals surface area contributed by atoms with Gasteiger partial charge in [-0.05, 0) is 49.2 Å². The predicted octanol–water partition coefficient (Wildman–Crippen LogP) is 5.23. The van der Waals surface area contributed by atoms with E-state index in [2.05, 4.69) is 5.32 Å². The minimum absolute atomic E-state index is 0.00215. The van der Waals surface area contributed by atoms with E-state index >= 15 is 0 Å². The number of nitro benzene ring substituents is 1. The molecule has 0 saturated heterocycles. The van der Waals surface area contributed by atoms with Gasteiger partial charge in [0.25, 0.3) is 5.69 Å². The molecule has 0 aliphatic heterocycles. The van der Waals surface area contributed by atoms with Crippen molar-refractivity contribution in [1.29, 1.82) is 0 Å². The first-order valence-electron chi connectivity index (χ1n) is 11.7. The summed E-state index contributed by atoms with van der Waals surface area (Å²) >= 11 is 0. The number of carbonyl (C=O) groups is 1. The Labute approximate surface area is 209 Å². The van der Waals surface area contributed by atoms with Crippen molar-refractivity contribution < 1.29 is 14.5 Å². The molecule has 1 N–H and O–H groups in total. The summed E-state index contributed by atoms with van der Waals surface area (Å²) in [7, 11) is 0. The number of hydrogen-bond acceptors (Lipinski definition) is 5. The van der Waals surface area contributed by atoms with Gasteiger partial charge in [0.1, 0.15) is 0 Å². The fourth-order valence-corrected chi connectivity index (χ4v) is 3.69. The van der Waals surface area contributed by atoms with E-state index in [9.17, 15) is 14.9 Å². The van der Waals surface area contributed by atoms with Gasteiger partial charge < -0.3 is 10.1 Å². The zero-order chi connectivity index (χ0) is 25.5. The number of non-ortho nitro benzene ring substituents is 1. The normalized spacial score (nSPS) is 11.0. The summed E-state index contributed by atoms with van der Waals surface area (Å²) in [5, 5.41) is 18.7. The number of nitrogens with one attached hydrogen (secondary N) is 1. The van der Waals surface area contributed by atoms with Crippen molar-refractivity contribution in [2.45, 2.75) is 39.5 Å². The van der Waals surface area contributed by atoms with Crippen LogP contribution in [0, 0.1) is 10.1 Å². The third-order valence-electron chi connectivity index (χ3n) is 5.61. The van der Waals surface area contributed by atoms with Gasteiger partial charge in [-0.1, -0.05) is 42.5 Å². The maximum atomic E-state index is 12.8. The number of hydrogen-bond donors (Lipinski definition) is 1. The first-order valence-corrected chi connectivity index (χ1v) is 11.7. The van der Waals surface area contributed by atoms with Crippen molar-refractivity contribution in [3.63, 3.8) is 0 Å². The highest BCUT2D eigenvalue weighted by atomic mass is 16.6. The largest absolute Gasteiger partial charge is 0.374 e. The minimum atomic E-state index is -0.440. The minimum Gasteiger partial charge on any atom is -0.374 e. The summed E-state index contributed by atoms with van der Waals surface area (Å²) in [4.78, 5) is 23.4. The van der Waals surface area contributed by atoms with Crippen molar-refractivity contribution in [2.24, 2.45) is 0 Å². The summed E-state index contributed by atoms with van der Waals surface area (Å²) < 4.78 is 7.34. The number of ether oxygens (including phenoxy) is 1. The number of nitrogens with zero attached hydrogens (tertiary/aromatic N) is 3. The van der Waals surface area contributed by atoms with E-state index in [1.165, 1.54) is 12.1 Å². The molecule has 1 heterocycles. The maximum absolute atomic E-state index is 12.8. The molecule has 0 saturated carbocycles. The van der Waals surface area contributed by atoms with E-state index in [-0.39, 0.29) is 24.1 Å². The molecule has 0 radical (unpaired) electrons. The number of rotatable bonds is 10. The molecule has 0 aliphatic rings. The molecule has 0 unspecified atom stereocenters. The number of aromatic nitrogens is 2. The van der Waals surface area contributed by atoms with Crippen LogP contribution < -0.4 is 5.32 Å². The molecule has 0 atom stereocenters. The molecule has 0 fully saturated rings. The number of amides is 1.